The zero-order valence-corrected chi connectivity index (χ0v) is 9.21. The highest BCUT2D eigenvalue weighted by molar-refractivity contribution is 9.10. The largest absolute Gasteiger partial charge is 0.396 e. The lowest BCUT2D eigenvalue weighted by molar-refractivity contribution is 0.264. The molecule has 0 fully saturated rings. The third kappa shape index (κ3) is 2.01. The highest BCUT2D eigenvalue weighted by atomic mass is 79.9. The molecular weight excluding hydrogens is 280 g/mol. The Kier molecular flexibility index (Phi) is 3.72. The predicted molar refractivity (Wildman–Crippen MR) is 49.5 cm³/mol. The zero-order chi connectivity index (χ0) is 11.7. The lowest BCUT2D eigenvalue weighted by Gasteiger charge is -2.13. The topological polar surface area (TPSA) is 20.2 Å². The maximum atomic E-state index is 13.2. The normalized spacial score (nSPS) is 13.0. The Bertz CT molecular complexity index is 365. The molecule has 0 aliphatic heterocycles. The molecule has 84 valence electrons. The molecule has 1 unspecified atom stereocenters. The van der Waals surface area contributed by atoms with E-state index in [9.17, 15) is 17.6 Å². The number of halogens is 5. The summed E-state index contributed by atoms with van der Waals surface area (Å²) in [4.78, 5) is 0. The van der Waals surface area contributed by atoms with Gasteiger partial charge in [-0.05, 0) is 15.9 Å². The molecule has 0 radical (unpaired) electrons. The van der Waals surface area contributed by atoms with Gasteiger partial charge in [0, 0.05) is 18.1 Å². The van der Waals surface area contributed by atoms with Gasteiger partial charge in [-0.2, -0.15) is 0 Å². The van der Waals surface area contributed by atoms with Crippen LogP contribution >= 0.6 is 15.9 Å². The number of hydrogen-bond donors (Lipinski definition) is 1. The first-order valence-corrected chi connectivity index (χ1v) is 4.83. The highest BCUT2D eigenvalue weighted by Crippen LogP contribution is 2.31. The number of aliphatic hydroxyl groups excluding tert-OH is 1. The van der Waals surface area contributed by atoms with E-state index in [-0.39, 0.29) is 0 Å². The Hall–Kier alpha value is -0.620. The Morgan fingerprint density at radius 1 is 1.07 bits per heavy atom. The lowest BCUT2D eigenvalue weighted by Crippen LogP contribution is -2.10. The molecule has 0 aromatic heterocycles. The van der Waals surface area contributed by atoms with Crippen molar-refractivity contribution in [1.82, 2.24) is 0 Å². The van der Waals surface area contributed by atoms with Gasteiger partial charge in [-0.25, -0.2) is 17.6 Å². The molecule has 0 heterocycles. The average Bonchev–Trinajstić information content (AvgIpc) is 2.23. The van der Waals surface area contributed by atoms with Crippen LogP contribution in [0.2, 0.25) is 0 Å². The summed E-state index contributed by atoms with van der Waals surface area (Å²) < 4.78 is 51.6. The molecule has 1 N–H and O–H groups in total. The van der Waals surface area contributed by atoms with E-state index < -0.39 is 45.8 Å². The van der Waals surface area contributed by atoms with Crippen LogP contribution in [0.15, 0.2) is 4.47 Å². The third-order valence-corrected chi connectivity index (χ3v) is 2.71. The molecule has 1 atom stereocenters. The van der Waals surface area contributed by atoms with Crippen molar-refractivity contribution in [2.75, 3.05) is 6.61 Å². The summed E-state index contributed by atoms with van der Waals surface area (Å²) in [5, 5.41) is 8.70. The number of aliphatic hydroxyl groups is 1. The minimum Gasteiger partial charge on any atom is -0.396 e. The average molecular weight is 287 g/mol. The second-order valence-electron chi connectivity index (χ2n) is 3.07. The van der Waals surface area contributed by atoms with Gasteiger partial charge in [-0.15, -0.1) is 0 Å². The molecule has 0 amide bonds. The molecule has 1 aromatic rings. The van der Waals surface area contributed by atoms with Crippen LogP contribution in [0.5, 0.6) is 0 Å². The van der Waals surface area contributed by atoms with Crippen LogP contribution in [-0.4, -0.2) is 11.7 Å². The van der Waals surface area contributed by atoms with Crippen molar-refractivity contribution in [2.45, 2.75) is 12.8 Å². The van der Waals surface area contributed by atoms with Crippen LogP contribution in [0.25, 0.3) is 0 Å². The monoisotopic (exact) mass is 286 g/mol. The van der Waals surface area contributed by atoms with E-state index in [2.05, 4.69) is 15.9 Å². The Morgan fingerprint density at radius 3 is 1.80 bits per heavy atom. The molecule has 15 heavy (non-hydrogen) atoms. The van der Waals surface area contributed by atoms with Crippen molar-refractivity contribution in [3.8, 4) is 0 Å². The fourth-order valence-corrected chi connectivity index (χ4v) is 1.49. The van der Waals surface area contributed by atoms with E-state index in [1.165, 1.54) is 6.92 Å². The number of hydrogen-bond acceptors (Lipinski definition) is 1. The number of benzene rings is 1. The second-order valence-corrected chi connectivity index (χ2v) is 3.86. The van der Waals surface area contributed by atoms with Crippen molar-refractivity contribution < 1.29 is 22.7 Å². The first-order valence-electron chi connectivity index (χ1n) is 4.04. The molecule has 0 saturated carbocycles. The molecule has 0 spiro atoms. The molecule has 0 bridgehead atoms. The molecule has 6 heteroatoms. The van der Waals surface area contributed by atoms with Gasteiger partial charge in [0.25, 0.3) is 0 Å². The van der Waals surface area contributed by atoms with Crippen LogP contribution in [0.1, 0.15) is 18.4 Å². The summed E-state index contributed by atoms with van der Waals surface area (Å²) in [5.41, 5.74) is -0.782. The fraction of sp³-hybridized carbons (Fsp3) is 0.333. The van der Waals surface area contributed by atoms with E-state index in [4.69, 9.17) is 5.11 Å². The number of rotatable bonds is 2. The Balaban J connectivity index is 3.52. The van der Waals surface area contributed by atoms with E-state index >= 15 is 0 Å². The van der Waals surface area contributed by atoms with Crippen LogP contribution in [0.3, 0.4) is 0 Å². The van der Waals surface area contributed by atoms with Gasteiger partial charge in [0.15, 0.2) is 23.3 Å². The van der Waals surface area contributed by atoms with Crippen molar-refractivity contribution in [3.05, 3.63) is 33.3 Å². The van der Waals surface area contributed by atoms with Crippen LogP contribution < -0.4 is 0 Å². The molecule has 0 aliphatic carbocycles. The summed E-state index contributed by atoms with van der Waals surface area (Å²) >= 11 is 2.39. The minimum absolute atomic E-state index is 0.603. The maximum absolute atomic E-state index is 13.2. The molecule has 0 saturated heterocycles. The van der Waals surface area contributed by atoms with Gasteiger partial charge >= 0.3 is 0 Å². The van der Waals surface area contributed by atoms with E-state index in [0.717, 1.165) is 0 Å². The lowest BCUT2D eigenvalue weighted by atomic mass is 10.0. The molecule has 0 aliphatic rings. The van der Waals surface area contributed by atoms with E-state index in [1.807, 2.05) is 0 Å². The molecule has 1 rings (SSSR count). The standard InChI is InChI=1S/C9H7BrF4O/c1-3(2-15)4-6(11)8(13)5(10)9(14)7(4)12/h3,15H,2H2,1H3. The molecule has 1 aromatic carbocycles. The van der Waals surface area contributed by atoms with Gasteiger partial charge < -0.3 is 5.11 Å². The maximum Gasteiger partial charge on any atom is 0.176 e. The first kappa shape index (κ1) is 12.4. The zero-order valence-electron chi connectivity index (χ0n) is 7.62. The predicted octanol–water partition coefficient (Wildman–Crippen LogP) is 3.10. The Morgan fingerprint density at radius 2 is 1.47 bits per heavy atom. The summed E-state index contributed by atoms with van der Waals surface area (Å²) in [5.74, 6) is -6.97. The van der Waals surface area contributed by atoms with Gasteiger partial charge in [0.2, 0.25) is 0 Å². The second kappa shape index (κ2) is 4.49. The molecular formula is C9H7BrF4O. The quantitative estimate of drug-likeness (QED) is 0.503. The summed E-state index contributed by atoms with van der Waals surface area (Å²) in [6.07, 6.45) is 0. The van der Waals surface area contributed by atoms with E-state index in [1.54, 1.807) is 0 Å². The van der Waals surface area contributed by atoms with Crippen molar-refractivity contribution in [1.29, 1.82) is 0 Å². The Labute approximate surface area is 91.9 Å². The van der Waals surface area contributed by atoms with Gasteiger partial charge in [0.1, 0.15) is 0 Å². The van der Waals surface area contributed by atoms with Crippen molar-refractivity contribution >= 4 is 15.9 Å². The summed E-state index contributed by atoms with van der Waals surface area (Å²) in [7, 11) is 0. The minimum atomic E-state index is -1.50. The SMILES string of the molecule is CC(CO)c1c(F)c(F)c(Br)c(F)c1F. The molecule has 1 nitrogen and oxygen atoms in total. The summed E-state index contributed by atoms with van der Waals surface area (Å²) in [6.45, 7) is 0.655. The van der Waals surface area contributed by atoms with Crippen LogP contribution in [0.4, 0.5) is 17.6 Å². The first-order chi connectivity index (χ1) is 6.91. The van der Waals surface area contributed by atoms with Crippen molar-refractivity contribution in [3.63, 3.8) is 0 Å². The fourth-order valence-electron chi connectivity index (χ4n) is 1.15. The van der Waals surface area contributed by atoms with Gasteiger partial charge in [-0.3, -0.25) is 0 Å². The van der Waals surface area contributed by atoms with Crippen LogP contribution in [-0.2, 0) is 0 Å². The third-order valence-electron chi connectivity index (χ3n) is 2.01. The highest BCUT2D eigenvalue weighted by Gasteiger charge is 2.26. The smallest absolute Gasteiger partial charge is 0.176 e. The van der Waals surface area contributed by atoms with Gasteiger partial charge in [0.05, 0.1) is 4.47 Å². The van der Waals surface area contributed by atoms with E-state index in [0.29, 0.717) is 0 Å². The van der Waals surface area contributed by atoms with Crippen LogP contribution in [0, 0.1) is 23.3 Å². The summed E-state index contributed by atoms with van der Waals surface area (Å²) in [6, 6.07) is 0. The van der Waals surface area contributed by atoms with Crippen molar-refractivity contribution in [2.24, 2.45) is 0 Å². The van der Waals surface area contributed by atoms with Gasteiger partial charge in [-0.1, -0.05) is 6.92 Å².